The van der Waals surface area contributed by atoms with Crippen LogP contribution in [-0.2, 0) is 11.3 Å². The molecule has 2 unspecified atom stereocenters. The van der Waals surface area contributed by atoms with Gasteiger partial charge >= 0.3 is 0 Å². The summed E-state index contributed by atoms with van der Waals surface area (Å²) in [6.07, 6.45) is 3.87. The lowest BCUT2D eigenvalue weighted by atomic mass is 10.1. The van der Waals surface area contributed by atoms with Gasteiger partial charge in [0.1, 0.15) is 5.69 Å². The van der Waals surface area contributed by atoms with E-state index in [0.717, 1.165) is 30.2 Å². The summed E-state index contributed by atoms with van der Waals surface area (Å²) in [7, 11) is 0. The highest BCUT2D eigenvalue weighted by Crippen LogP contribution is 2.24. The number of hydrogen-bond acceptors (Lipinski definition) is 3. The minimum absolute atomic E-state index is 0.0760. The van der Waals surface area contributed by atoms with Gasteiger partial charge in [0.2, 0.25) is 5.91 Å². The molecule has 0 bridgehead atoms. The van der Waals surface area contributed by atoms with Crippen molar-refractivity contribution in [1.82, 2.24) is 20.5 Å². The van der Waals surface area contributed by atoms with Crippen LogP contribution in [-0.4, -0.2) is 40.9 Å². The fourth-order valence-electron chi connectivity index (χ4n) is 4.00. The molecule has 2 aromatic rings. The Morgan fingerprint density at radius 1 is 1.19 bits per heavy atom. The molecular weight excluding hydrogens is 344 g/mol. The predicted octanol–water partition coefficient (Wildman–Crippen LogP) is 1.34. The highest BCUT2D eigenvalue weighted by Gasteiger charge is 2.30. The lowest BCUT2D eigenvalue weighted by Crippen LogP contribution is -2.48. The molecule has 1 aliphatic heterocycles. The molecule has 140 valence electrons. The normalized spacial score (nSPS) is 21.4. The average molecular weight is 366 g/mol. The van der Waals surface area contributed by atoms with Gasteiger partial charge in [-0.3, -0.25) is 14.4 Å². The predicted molar refractivity (Wildman–Crippen MR) is 102 cm³/mol. The molecule has 2 aliphatic rings. The number of fused-ring (bicyclic) bond motifs is 3. The van der Waals surface area contributed by atoms with Crippen LogP contribution in [0.2, 0.25) is 0 Å². The molecule has 3 N–H and O–H groups in total. The topological polar surface area (TPSA) is 92.2 Å². The third kappa shape index (κ3) is 3.20. The van der Waals surface area contributed by atoms with Crippen molar-refractivity contribution in [2.75, 3.05) is 6.54 Å². The Bertz CT molecular complexity index is 946. The summed E-state index contributed by atoms with van der Waals surface area (Å²) in [5.74, 6) is -0.478. The first-order valence-corrected chi connectivity index (χ1v) is 9.22. The second-order valence-electron chi connectivity index (χ2n) is 7.04. The molecule has 0 spiro atoms. The number of carbonyl (C=O) groups is 3. The Morgan fingerprint density at radius 3 is 2.74 bits per heavy atom. The molecule has 1 fully saturated rings. The zero-order valence-electron chi connectivity index (χ0n) is 15.0. The molecular formula is C20H22N4O3. The Hall–Kier alpha value is -3.09. The summed E-state index contributed by atoms with van der Waals surface area (Å²) in [5.41, 5.74) is 2.06. The number of carbonyl (C=O) groups excluding carboxylic acids is 3. The zero-order chi connectivity index (χ0) is 19.0. The standard InChI is InChI=1S/C20H22N4O3/c1-2-18(25)22-14-4-3-5-15(14)23-19(26)13-7-6-12-10-17-20(27)21-8-9-24(17)16(12)11-13/h2,6-7,10-11,14-15H,1,3-5,8-9H2,(H,21,27)(H,22,25)(H,23,26). The van der Waals surface area contributed by atoms with Crippen molar-refractivity contribution in [2.45, 2.75) is 37.9 Å². The Balaban J connectivity index is 1.55. The van der Waals surface area contributed by atoms with Crippen molar-refractivity contribution in [2.24, 2.45) is 0 Å². The molecule has 1 saturated carbocycles. The van der Waals surface area contributed by atoms with Gasteiger partial charge < -0.3 is 20.5 Å². The molecule has 0 radical (unpaired) electrons. The lowest BCUT2D eigenvalue weighted by Gasteiger charge is -2.22. The minimum atomic E-state index is -0.222. The zero-order valence-corrected chi connectivity index (χ0v) is 15.0. The van der Waals surface area contributed by atoms with Crippen LogP contribution in [0.3, 0.4) is 0 Å². The maximum absolute atomic E-state index is 12.8. The van der Waals surface area contributed by atoms with Gasteiger partial charge in [0.25, 0.3) is 11.8 Å². The number of hydrogen-bond donors (Lipinski definition) is 3. The van der Waals surface area contributed by atoms with E-state index >= 15 is 0 Å². The highest BCUT2D eigenvalue weighted by molar-refractivity contribution is 6.02. The Labute approximate surface area is 156 Å². The van der Waals surface area contributed by atoms with Crippen molar-refractivity contribution < 1.29 is 14.4 Å². The smallest absolute Gasteiger partial charge is 0.268 e. The Morgan fingerprint density at radius 2 is 1.96 bits per heavy atom. The van der Waals surface area contributed by atoms with E-state index in [9.17, 15) is 14.4 Å². The fourth-order valence-corrected chi connectivity index (χ4v) is 4.00. The van der Waals surface area contributed by atoms with Crippen LogP contribution in [0.5, 0.6) is 0 Å². The van der Waals surface area contributed by atoms with Gasteiger partial charge in [-0.15, -0.1) is 0 Å². The van der Waals surface area contributed by atoms with Crippen molar-refractivity contribution >= 4 is 28.6 Å². The molecule has 2 atom stereocenters. The molecule has 4 rings (SSSR count). The van der Waals surface area contributed by atoms with E-state index in [0.29, 0.717) is 24.3 Å². The maximum Gasteiger partial charge on any atom is 0.268 e. The summed E-state index contributed by atoms with van der Waals surface area (Å²) >= 11 is 0. The van der Waals surface area contributed by atoms with Crippen LogP contribution in [0, 0.1) is 0 Å². The number of benzene rings is 1. The van der Waals surface area contributed by atoms with E-state index in [1.54, 1.807) is 6.07 Å². The van der Waals surface area contributed by atoms with Crippen molar-refractivity contribution in [3.8, 4) is 0 Å². The molecule has 1 aromatic carbocycles. The third-order valence-corrected chi connectivity index (χ3v) is 5.37. The second kappa shape index (κ2) is 6.90. The molecule has 27 heavy (non-hydrogen) atoms. The van der Waals surface area contributed by atoms with Gasteiger partial charge in [0.15, 0.2) is 0 Å². The number of rotatable bonds is 4. The van der Waals surface area contributed by atoms with Crippen LogP contribution in [0.4, 0.5) is 0 Å². The summed E-state index contributed by atoms with van der Waals surface area (Å²) in [5, 5.41) is 9.70. The number of nitrogens with one attached hydrogen (secondary N) is 3. The first-order chi connectivity index (χ1) is 13.1. The van der Waals surface area contributed by atoms with Crippen LogP contribution in [0.15, 0.2) is 36.9 Å². The van der Waals surface area contributed by atoms with Crippen LogP contribution in [0.1, 0.15) is 40.1 Å². The third-order valence-electron chi connectivity index (χ3n) is 5.37. The minimum Gasteiger partial charge on any atom is -0.349 e. The van der Waals surface area contributed by atoms with Gasteiger partial charge in [-0.25, -0.2) is 0 Å². The fraction of sp³-hybridized carbons (Fsp3) is 0.350. The maximum atomic E-state index is 12.8. The average Bonchev–Trinajstić information content (AvgIpc) is 3.26. The highest BCUT2D eigenvalue weighted by atomic mass is 16.2. The molecule has 7 nitrogen and oxygen atoms in total. The van der Waals surface area contributed by atoms with E-state index in [2.05, 4.69) is 22.5 Å². The van der Waals surface area contributed by atoms with E-state index in [1.165, 1.54) is 6.08 Å². The van der Waals surface area contributed by atoms with Gasteiger partial charge in [0, 0.05) is 41.6 Å². The van der Waals surface area contributed by atoms with Gasteiger partial charge in [-0.1, -0.05) is 12.6 Å². The monoisotopic (exact) mass is 366 g/mol. The SMILES string of the molecule is C=CC(=O)NC1CCCC1NC(=O)c1ccc2cc3n(c2c1)CCNC3=O. The van der Waals surface area contributed by atoms with Crippen LogP contribution < -0.4 is 16.0 Å². The number of amides is 3. The van der Waals surface area contributed by atoms with Crippen LogP contribution >= 0.6 is 0 Å². The van der Waals surface area contributed by atoms with Crippen molar-refractivity contribution in [1.29, 1.82) is 0 Å². The molecule has 3 amide bonds. The van der Waals surface area contributed by atoms with Gasteiger partial charge in [0.05, 0.1) is 0 Å². The second-order valence-corrected chi connectivity index (χ2v) is 7.04. The van der Waals surface area contributed by atoms with E-state index < -0.39 is 0 Å². The number of aromatic nitrogens is 1. The quantitative estimate of drug-likeness (QED) is 0.713. The molecule has 1 aromatic heterocycles. The number of nitrogens with zero attached hydrogens (tertiary/aromatic N) is 1. The van der Waals surface area contributed by atoms with E-state index in [4.69, 9.17) is 0 Å². The largest absolute Gasteiger partial charge is 0.349 e. The molecule has 7 heteroatoms. The Kier molecular flexibility index (Phi) is 4.43. The van der Waals surface area contributed by atoms with E-state index in [1.807, 2.05) is 22.8 Å². The first-order valence-electron chi connectivity index (χ1n) is 9.22. The van der Waals surface area contributed by atoms with E-state index in [-0.39, 0.29) is 29.8 Å². The summed E-state index contributed by atoms with van der Waals surface area (Å²) in [6, 6.07) is 7.15. The molecule has 1 aliphatic carbocycles. The van der Waals surface area contributed by atoms with Crippen molar-refractivity contribution in [3.63, 3.8) is 0 Å². The lowest BCUT2D eigenvalue weighted by molar-refractivity contribution is -0.117. The summed E-state index contributed by atoms with van der Waals surface area (Å²) in [6.45, 7) is 4.74. The first kappa shape index (κ1) is 17.3. The summed E-state index contributed by atoms with van der Waals surface area (Å²) < 4.78 is 1.95. The van der Waals surface area contributed by atoms with Crippen molar-refractivity contribution in [3.05, 3.63) is 48.2 Å². The van der Waals surface area contributed by atoms with Crippen LogP contribution in [0.25, 0.3) is 10.9 Å². The molecule has 2 heterocycles. The molecule has 0 saturated heterocycles. The van der Waals surface area contributed by atoms with Gasteiger partial charge in [-0.2, -0.15) is 0 Å². The summed E-state index contributed by atoms with van der Waals surface area (Å²) in [4.78, 5) is 36.3. The van der Waals surface area contributed by atoms with Gasteiger partial charge in [-0.05, 0) is 43.5 Å².